The highest BCUT2D eigenvalue weighted by molar-refractivity contribution is 7.16. The van der Waals surface area contributed by atoms with Crippen molar-refractivity contribution in [3.8, 4) is 5.69 Å². The quantitative estimate of drug-likeness (QED) is 0.556. The second-order valence-corrected chi connectivity index (χ2v) is 7.60. The van der Waals surface area contributed by atoms with Gasteiger partial charge in [0.2, 0.25) is 0 Å². The van der Waals surface area contributed by atoms with Crippen LogP contribution in [0.2, 0.25) is 5.02 Å². The molecule has 0 spiro atoms. The molecule has 0 aliphatic heterocycles. The van der Waals surface area contributed by atoms with Crippen LogP contribution in [-0.4, -0.2) is 25.3 Å². The zero-order chi connectivity index (χ0) is 20.0. The number of rotatable bonds is 3. The summed E-state index contributed by atoms with van der Waals surface area (Å²) < 4.78 is 2.90. The van der Waals surface area contributed by atoms with E-state index >= 15 is 0 Å². The Labute approximate surface area is 169 Å². The molecule has 0 atom stereocenters. The Morgan fingerprint density at radius 2 is 1.86 bits per heavy atom. The van der Waals surface area contributed by atoms with Crippen LogP contribution in [0.15, 0.2) is 40.5 Å². The fourth-order valence-corrected chi connectivity index (χ4v) is 3.86. The number of nitrogens with one attached hydrogen (secondary N) is 1. The van der Waals surface area contributed by atoms with Crippen LogP contribution in [0, 0.1) is 20.8 Å². The lowest BCUT2D eigenvalue weighted by Crippen LogP contribution is -2.35. The maximum Gasteiger partial charge on any atom is 0.281 e. The molecule has 0 aliphatic rings. The molecule has 0 aliphatic carbocycles. The number of hydrogen-bond acceptors (Lipinski definition) is 5. The van der Waals surface area contributed by atoms with Crippen molar-refractivity contribution in [2.24, 2.45) is 0 Å². The average Bonchev–Trinajstić information content (AvgIpc) is 3.25. The standard InChI is InChI=1S/C19H16ClN5O2S/c1-10-16(20)11(2)24(22-10)14-6-4-13(5-7-14)17(26)23-25-12(3)21-18-15(19(25)27)8-9-28-18/h4-9H,1-3H3,(H,23,26). The molecule has 3 heterocycles. The minimum absolute atomic E-state index is 0.300. The lowest BCUT2D eigenvalue weighted by atomic mass is 10.2. The average molecular weight is 414 g/mol. The van der Waals surface area contributed by atoms with Gasteiger partial charge in [-0.05, 0) is 56.5 Å². The van der Waals surface area contributed by atoms with Gasteiger partial charge in [-0.3, -0.25) is 15.0 Å². The summed E-state index contributed by atoms with van der Waals surface area (Å²) in [6, 6.07) is 8.60. The number of benzene rings is 1. The third kappa shape index (κ3) is 3.00. The van der Waals surface area contributed by atoms with E-state index in [1.807, 2.05) is 13.8 Å². The van der Waals surface area contributed by atoms with Crippen LogP contribution in [0.5, 0.6) is 0 Å². The van der Waals surface area contributed by atoms with E-state index < -0.39 is 5.91 Å². The molecule has 0 unspecified atom stereocenters. The van der Waals surface area contributed by atoms with Gasteiger partial charge in [-0.1, -0.05) is 11.6 Å². The van der Waals surface area contributed by atoms with Gasteiger partial charge in [0.15, 0.2) is 0 Å². The highest BCUT2D eigenvalue weighted by atomic mass is 35.5. The molecule has 0 saturated carbocycles. The molecular weight excluding hydrogens is 398 g/mol. The van der Waals surface area contributed by atoms with Gasteiger partial charge >= 0.3 is 0 Å². The number of aromatic nitrogens is 4. The maximum absolute atomic E-state index is 12.6. The van der Waals surface area contributed by atoms with Crippen molar-refractivity contribution >= 4 is 39.1 Å². The third-order valence-electron chi connectivity index (χ3n) is 4.46. The Bertz CT molecular complexity index is 1270. The first-order chi connectivity index (χ1) is 13.4. The van der Waals surface area contributed by atoms with Crippen LogP contribution in [0.25, 0.3) is 15.9 Å². The summed E-state index contributed by atoms with van der Waals surface area (Å²) >= 11 is 7.59. The molecule has 4 rings (SSSR count). The number of halogens is 1. The zero-order valence-electron chi connectivity index (χ0n) is 15.4. The first-order valence-corrected chi connectivity index (χ1v) is 9.73. The Morgan fingerprint density at radius 3 is 2.50 bits per heavy atom. The molecule has 142 valence electrons. The number of fused-ring (bicyclic) bond motifs is 1. The number of thiophene rings is 1. The molecule has 1 N–H and O–H groups in total. The maximum atomic E-state index is 12.6. The van der Waals surface area contributed by atoms with E-state index in [0.717, 1.165) is 17.1 Å². The van der Waals surface area contributed by atoms with E-state index in [1.165, 1.54) is 16.0 Å². The van der Waals surface area contributed by atoms with Gasteiger partial charge < -0.3 is 0 Å². The van der Waals surface area contributed by atoms with Gasteiger partial charge in [0.25, 0.3) is 11.5 Å². The predicted octanol–water partition coefficient (Wildman–Crippen LogP) is 3.61. The highest BCUT2D eigenvalue weighted by Gasteiger charge is 2.14. The van der Waals surface area contributed by atoms with Crippen molar-refractivity contribution in [1.82, 2.24) is 19.4 Å². The molecule has 0 bridgehead atoms. The molecule has 0 fully saturated rings. The van der Waals surface area contributed by atoms with Crippen LogP contribution < -0.4 is 11.0 Å². The Hall–Kier alpha value is -2.97. The van der Waals surface area contributed by atoms with Gasteiger partial charge in [0, 0.05) is 5.56 Å². The largest absolute Gasteiger partial charge is 0.281 e. The lowest BCUT2D eigenvalue weighted by molar-refractivity contribution is 0.101. The first-order valence-electron chi connectivity index (χ1n) is 8.47. The number of amides is 1. The molecule has 9 heteroatoms. The number of hydrogen-bond donors (Lipinski definition) is 1. The molecule has 1 aromatic carbocycles. The Balaban J connectivity index is 1.63. The normalized spacial score (nSPS) is 11.1. The number of carbonyl (C=O) groups excluding carboxylic acids is 1. The summed E-state index contributed by atoms with van der Waals surface area (Å²) in [5.41, 5.74) is 5.10. The Morgan fingerprint density at radius 1 is 1.14 bits per heavy atom. The summed E-state index contributed by atoms with van der Waals surface area (Å²) in [6.07, 6.45) is 0. The fourth-order valence-electron chi connectivity index (χ4n) is 2.94. The fraction of sp³-hybridized carbons (Fsp3) is 0.158. The number of aryl methyl sites for hydroxylation is 2. The van der Waals surface area contributed by atoms with Gasteiger partial charge in [-0.25, -0.2) is 14.3 Å². The molecule has 4 aromatic rings. The summed E-state index contributed by atoms with van der Waals surface area (Å²) in [5.74, 6) is 0.0155. The smallest absolute Gasteiger partial charge is 0.267 e. The molecule has 0 radical (unpaired) electrons. The predicted molar refractivity (Wildman–Crippen MR) is 110 cm³/mol. The van der Waals surface area contributed by atoms with Crippen LogP contribution in [-0.2, 0) is 0 Å². The van der Waals surface area contributed by atoms with Crippen molar-refractivity contribution in [2.75, 3.05) is 5.43 Å². The zero-order valence-corrected chi connectivity index (χ0v) is 16.9. The van der Waals surface area contributed by atoms with Crippen molar-refractivity contribution in [2.45, 2.75) is 20.8 Å². The summed E-state index contributed by atoms with van der Waals surface area (Å²) in [5, 5.41) is 7.30. The van der Waals surface area contributed by atoms with Gasteiger partial charge in [-0.15, -0.1) is 11.3 Å². The minimum atomic E-state index is -0.403. The topological polar surface area (TPSA) is 81.8 Å². The third-order valence-corrected chi connectivity index (χ3v) is 5.81. The van der Waals surface area contributed by atoms with E-state index in [0.29, 0.717) is 26.6 Å². The molecule has 3 aromatic heterocycles. The summed E-state index contributed by atoms with van der Waals surface area (Å²) in [6.45, 7) is 5.40. The molecule has 28 heavy (non-hydrogen) atoms. The SMILES string of the molecule is Cc1nn(-c2ccc(C(=O)Nn3c(C)nc4sccc4c3=O)cc2)c(C)c1Cl. The minimum Gasteiger partial charge on any atom is -0.267 e. The number of carbonyl (C=O) groups is 1. The molecule has 7 nitrogen and oxygen atoms in total. The molecular formula is C19H16ClN5O2S. The lowest BCUT2D eigenvalue weighted by Gasteiger charge is -2.11. The van der Waals surface area contributed by atoms with Gasteiger partial charge in [-0.2, -0.15) is 5.10 Å². The van der Waals surface area contributed by atoms with Crippen molar-refractivity contribution < 1.29 is 4.79 Å². The van der Waals surface area contributed by atoms with Crippen molar-refractivity contribution in [1.29, 1.82) is 0 Å². The number of nitrogens with zero attached hydrogens (tertiary/aromatic N) is 4. The molecule has 0 saturated heterocycles. The molecule has 1 amide bonds. The monoisotopic (exact) mass is 413 g/mol. The van der Waals surface area contributed by atoms with Crippen LogP contribution in [0.1, 0.15) is 27.6 Å². The Kier molecular flexibility index (Phi) is 4.52. The van der Waals surface area contributed by atoms with Crippen LogP contribution in [0.3, 0.4) is 0 Å². The first kappa shape index (κ1) is 18.4. The van der Waals surface area contributed by atoms with E-state index in [9.17, 15) is 9.59 Å². The van der Waals surface area contributed by atoms with Crippen LogP contribution >= 0.6 is 22.9 Å². The van der Waals surface area contributed by atoms with Gasteiger partial charge in [0.1, 0.15) is 10.7 Å². The van der Waals surface area contributed by atoms with Crippen molar-refractivity contribution in [3.05, 3.63) is 73.9 Å². The second kappa shape index (κ2) is 6.88. The second-order valence-electron chi connectivity index (χ2n) is 6.32. The summed E-state index contributed by atoms with van der Waals surface area (Å²) in [7, 11) is 0. The van der Waals surface area contributed by atoms with E-state index in [-0.39, 0.29) is 5.56 Å². The van der Waals surface area contributed by atoms with E-state index in [2.05, 4.69) is 15.5 Å². The van der Waals surface area contributed by atoms with Crippen molar-refractivity contribution in [3.63, 3.8) is 0 Å². The highest BCUT2D eigenvalue weighted by Crippen LogP contribution is 2.22. The van der Waals surface area contributed by atoms with Crippen LogP contribution in [0.4, 0.5) is 0 Å². The van der Waals surface area contributed by atoms with E-state index in [4.69, 9.17) is 11.6 Å². The van der Waals surface area contributed by atoms with Gasteiger partial charge in [0.05, 0.1) is 27.5 Å². The van der Waals surface area contributed by atoms with E-state index in [1.54, 1.807) is 47.3 Å². The summed E-state index contributed by atoms with van der Waals surface area (Å²) in [4.78, 5) is 30.2.